The Balaban J connectivity index is 1.59. The van der Waals surface area contributed by atoms with Gasteiger partial charge in [0.25, 0.3) is 11.5 Å². The van der Waals surface area contributed by atoms with Crippen molar-refractivity contribution in [3.8, 4) is 11.3 Å². The number of pyridine rings is 2. The van der Waals surface area contributed by atoms with Crippen molar-refractivity contribution in [2.75, 3.05) is 26.3 Å². The van der Waals surface area contributed by atoms with E-state index in [2.05, 4.69) is 43.9 Å². The highest BCUT2D eigenvalue weighted by atomic mass is 16.5. The number of aromatic nitrogens is 4. The third kappa shape index (κ3) is 4.60. The molecule has 37 heavy (non-hydrogen) atoms. The Morgan fingerprint density at radius 3 is 2.62 bits per heavy atom. The predicted molar refractivity (Wildman–Crippen MR) is 143 cm³/mol. The molecule has 5 rings (SSSR count). The van der Waals surface area contributed by atoms with E-state index >= 15 is 0 Å². The van der Waals surface area contributed by atoms with E-state index in [-0.39, 0.29) is 24.1 Å². The van der Waals surface area contributed by atoms with Crippen LogP contribution in [-0.4, -0.2) is 56.3 Å². The summed E-state index contributed by atoms with van der Waals surface area (Å²) in [4.78, 5) is 31.4. The van der Waals surface area contributed by atoms with E-state index in [0.717, 1.165) is 52.4 Å². The summed E-state index contributed by atoms with van der Waals surface area (Å²) >= 11 is 0. The maximum Gasteiger partial charge on any atom is 0.253 e. The molecule has 4 aromatic rings. The van der Waals surface area contributed by atoms with Crippen LogP contribution in [0.1, 0.15) is 51.4 Å². The van der Waals surface area contributed by atoms with Crippen LogP contribution in [0.3, 0.4) is 0 Å². The second kappa shape index (κ2) is 9.99. The number of nitrogens with one attached hydrogen (secondary N) is 2. The van der Waals surface area contributed by atoms with E-state index < -0.39 is 0 Å². The molecule has 0 spiro atoms. The first-order valence-corrected chi connectivity index (χ1v) is 12.7. The highest BCUT2D eigenvalue weighted by Gasteiger charge is 2.26. The molecule has 0 aromatic carbocycles. The van der Waals surface area contributed by atoms with Crippen LogP contribution in [0.25, 0.3) is 16.8 Å². The van der Waals surface area contributed by atoms with E-state index in [1.54, 1.807) is 6.20 Å². The highest BCUT2D eigenvalue weighted by Crippen LogP contribution is 2.33. The summed E-state index contributed by atoms with van der Waals surface area (Å²) in [6.45, 7) is 11.2. The normalized spacial score (nSPS) is 15.3. The molecule has 0 saturated carbocycles. The Morgan fingerprint density at radius 1 is 1.19 bits per heavy atom. The largest absolute Gasteiger partial charge is 0.379 e. The molecule has 0 bridgehead atoms. The molecule has 1 aliphatic rings. The molecule has 194 valence electrons. The molecule has 1 fully saturated rings. The molecule has 1 atom stereocenters. The number of fused-ring (bicyclic) bond motifs is 1. The fourth-order valence-electron chi connectivity index (χ4n) is 5.47. The number of carbonyl (C=O) groups is 1. The van der Waals surface area contributed by atoms with E-state index in [9.17, 15) is 9.59 Å². The van der Waals surface area contributed by atoms with Gasteiger partial charge in [-0.1, -0.05) is 0 Å². The summed E-state index contributed by atoms with van der Waals surface area (Å²) in [6, 6.07) is 8.01. The van der Waals surface area contributed by atoms with Crippen molar-refractivity contribution in [2.45, 2.75) is 40.3 Å². The number of nitrogens with zero attached hydrogens (tertiary/aromatic N) is 4. The van der Waals surface area contributed by atoms with Crippen LogP contribution in [0.4, 0.5) is 0 Å². The predicted octanol–water partition coefficient (Wildman–Crippen LogP) is 3.28. The molecular weight excluding hydrogens is 468 g/mol. The van der Waals surface area contributed by atoms with Gasteiger partial charge in [0.1, 0.15) is 0 Å². The lowest BCUT2D eigenvalue weighted by molar-refractivity contribution is 0.0187. The van der Waals surface area contributed by atoms with Crippen LogP contribution >= 0.6 is 0 Å². The first-order chi connectivity index (χ1) is 17.8. The molecule has 0 radical (unpaired) electrons. The summed E-state index contributed by atoms with van der Waals surface area (Å²) < 4.78 is 9.62. The molecule has 9 heteroatoms. The maximum absolute atomic E-state index is 13.6. The van der Waals surface area contributed by atoms with Gasteiger partial charge in [0.05, 0.1) is 24.4 Å². The molecule has 1 amide bonds. The smallest absolute Gasteiger partial charge is 0.253 e. The minimum Gasteiger partial charge on any atom is -0.379 e. The fraction of sp³-hybridized carbons (Fsp3) is 0.393. The Hall–Kier alpha value is -3.69. The van der Waals surface area contributed by atoms with Crippen molar-refractivity contribution in [3.63, 3.8) is 0 Å². The summed E-state index contributed by atoms with van der Waals surface area (Å²) in [7, 11) is 1.92. The number of hydrogen-bond acceptors (Lipinski definition) is 5. The van der Waals surface area contributed by atoms with Crippen LogP contribution in [0.5, 0.6) is 0 Å². The van der Waals surface area contributed by atoms with Crippen molar-refractivity contribution in [3.05, 3.63) is 80.7 Å². The Kier molecular flexibility index (Phi) is 6.74. The molecular formula is C28H34N6O3. The van der Waals surface area contributed by atoms with Crippen molar-refractivity contribution in [1.82, 2.24) is 29.4 Å². The van der Waals surface area contributed by atoms with E-state index in [1.807, 2.05) is 50.7 Å². The average Bonchev–Trinajstić information content (AvgIpc) is 3.48. The second-order valence-electron chi connectivity index (χ2n) is 9.84. The number of ether oxygens (including phenoxy) is 1. The van der Waals surface area contributed by atoms with Crippen LogP contribution in [0.15, 0.2) is 41.5 Å². The van der Waals surface area contributed by atoms with Gasteiger partial charge in [-0.3, -0.25) is 19.2 Å². The molecule has 5 heterocycles. The first-order valence-electron chi connectivity index (χ1n) is 12.7. The van der Waals surface area contributed by atoms with E-state index in [0.29, 0.717) is 24.3 Å². The topological polar surface area (TPSA) is 96.7 Å². The molecule has 1 unspecified atom stereocenters. The number of morpholine rings is 1. The SMILES string of the molecule is Cc1cc(C)c(CNC(=O)c2cc3c(-c4ccnn4C)ccn3c(C(C)N3CCOCC3)c2C)c(=O)[nH]1. The van der Waals surface area contributed by atoms with Gasteiger partial charge in [-0.25, -0.2) is 0 Å². The van der Waals surface area contributed by atoms with Gasteiger partial charge in [-0.05, 0) is 63.1 Å². The van der Waals surface area contributed by atoms with Gasteiger partial charge < -0.3 is 19.4 Å². The number of aryl methyl sites for hydroxylation is 3. The number of amides is 1. The Labute approximate surface area is 216 Å². The fourth-order valence-corrected chi connectivity index (χ4v) is 5.47. The van der Waals surface area contributed by atoms with Gasteiger partial charge in [0, 0.05) is 73.2 Å². The Morgan fingerprint density at radius 2 is 1.95 bits per heavy atom. The Bertz CT molecular complexity index is 1520. The van der Waals surface area contributed by atoms with Crippen LogP contribution < -0.4 is 10.9 Å². The summed E-state index contributed by atoms with van der Waals surface area (Å²) in [5.74, 6) is -0.202. The molecule has 1 saturated heterocycles. The van der Waals surface area contributed by atoms with Crippen molar-refractivity contribution in [2.24, 2.45) is 7.05 Å². The number of H-pyrrole nitrogens is 1. The quantitative estimate of drug-likeness (QED) is 0.422. The zero-order valence-electron chi connectivity index (χ0n) is 22.1. The maximum atomic E-state index is 13.6. The minimum atomic E-state index is -0.202. The van der Waals surface area contributed by atoms with Gasteiger partial charge in [-0.2, -0.15) is 5.10 Å². The van der Waals surface area contributed by atoms with Gasteiger partial charge in [0.15, 0.2) is 0 Å². The molecule has 9 nitrogen and oxygen atoms in total. The third-order valence-electron chi connectivity index (χ3n) is 7.50. The average molecular weight is 503 g/mol. The van der Waals surface area contributed by atoms with Crippen molar-refractivity contribution in [1.29, 1.82) is 0 Å². The van der Waals surface area contributed by atoms with Crippen LogP contribution in [0.2, 0.25) is 0 Å². The molecule has 4 aromatic heterocycles. The van der Waals surface area contributed by atoms with Crippen LogP contribution in [0, 0.1) is 20.8 Å². The third-order valence-corrected chi connectivity index (χ3v) is 7.50. The lowest BCUT2D eigenvalue weighted by Gasteiger charge is -2.34. The summed E-state index contributed by atoms with van der Waals surface area (Å²) in [6.07, 6.45) is 3.85. The van der Waals surface area contributed by atoms with E-state index in [1.165, 1.54) is 0 Å². The first kappa shape index (κ1) is 25.0. The van der Waals surface area contributed by atoms with E-state index in [4.69, 9.17) is 4.74 Å². The van der Waals surface area contributed by atoms with Gasteiger partial charge in [-0.15, -0.1) is 0 Å². The zero-order chi connectivity index (χ0) is 26.3. The van der Waals surface area contributed by atoms with Crippen molar-refractivity contribution >= 4 is 11.4 Å². The minimum absolute atomic E-state index is 0.0770. The van der Waals surface area contributed by atoms with Gasteiger partial charge in [0.2, 0.25) is 0 Å². The number of carbonyl (C=O) groups excluding carboxylic acids is 1. The molecule has 2 N–H and O–H groups in total. The van der Waals surface area contributed by atoms with Crippen molar-refractivity contribution < 1.29 is 9.53 Å². The second-order valence-corrected chi connectivity index (χ2v) is 9.84. The summed E-state index contributed by atoms with van der Waals surface area (Å²) in [5, 5.41) is 7.35. The monoisotopic (exact) mass is 502 g/mol. The van der Waals surface area contributed by atoms with Crippen LogP contribution in [-0.2, 0) is 18.3 Å². The summed E-state index contributed by atoms with van der Waals surface area (Å²) in [5.41, 5.74) is 7.59. The number of rotatable bonds is 6. The molecule has 1 aliphatic heterocycles. The lowest BCUT2D eigenvalue weighted by atomic mass is 9.99. The van der Waals surface area contributed by atoms with Gasteiger partial charge >= 0.3 is 0 Å². The standard InChI is InChI=1S/C28H34N6O3/c1-17-14-18(2)31-28(36)23(17)16-29-27(35)22-15-25-21(24-6-8-30-32(24)5)7-9-34(25)26(19(22)3)20(4)33-10-12-37-13-11-33/h6-9,14-15,20H,10-13,16H2,1-5H3,(H,29,35)(H,31,36). The highest BCUT2D eigenvalue weighted by molar-refractivity contribution is 5.98. The molecule has 0 aliphatic carbocycles. The number of aromatic amines is 1. The lowest BCUT2D eigenvalue weighted by Crippen LogP contribution is -2.39. The number of hydrogen-bond donors (Lipinski definition) is 2. The zero-order valence-corrected chi connectivity index (χ0v) is 22.1.